The highest BCUT2D eigenvalue weighted by atomic mass is 32.2. The Morgan fingerprint density at radius 1 is 1.44 bits per heavy atom. The Labute approximate surface area is 98.9 Å². The van der Waals surface area contributed by atoms with Crippen molar-refractivity contribution >= 4 is 17.6 Å². The summed E-state index contributed by atoms with van der Waals surface area (Å²) in [6.45, 7) is 2.15. The number of nitrogens with two attached hydrogens (primary N) is 1. The van der Waals surface area contributed by atoms with Crippen molar-refractivity contribution in [2.45, 2.75) is 18.2 Å². The smallest absolute Gasteiger partial charge is 0.155 e. The summed E-state index contributed by atoms with van der Waals surface area (Å²) in [4.78, 5) is 5.24. The maximum Gasteiger partial charge on any atom is 0.155 e. The molecule has 2 aromatic heterocycles. The van der Waals surface area contributed by atoms with E-state index in [2.05, 4.69) is 17.0 Å². The third-order valence-electron chi connectivity index (χ3n) is 2.10. The van der Waals surface area contributed by atoms with E-state index in [4.69, 9.17) is 5.73 Å². The molecule has 0 aliphatic heterocycles. The Morgan fingerprint density at radius 3 is 3.00 bits per heavy atom. The number of nitrogen functional groups attached to an aromatic ring is 1. The van der Waals surface area contributed by atoms with E-state index in [0.717, 1.165) is 22.9 Å². The highest BCUT2D eigenvalue weighted by Gasteiger charge is 2.09. The Balaban J connectivity index is 2.27. The van der Waals surface area contributed by atoms with E-state index in [-0.39, 0.29) is 0 Å². The van der Waals surface area contributed by atoms with E-state index >= 15 is 0 Å². The molecule has 4 nitrogen and oxygen atoms in total. The third kappa shape index (κ3) is 2.19. The van der Waals surface area contributed by atoms with E-state index in [1.807, 2.05) is 18.2 Å². The fraction of sp³-hybridized carbons (Fsp3) is 0.273. The quantitative estimate of drug-likeness (QED) is 0.825. The molecule has 0 saturated heterocycles. The maximum atomic E-state index is 6.02. The zero-order valence-electron chi connectivity index (χ0n) is 9.13. The molecule has 0 fully saturated rings. The minimum absolute atomic E-state index is 0.664. The zero-order chi connectivity index (χ0) is 11.4. The third-order valence-corrected chi connectivity index (χ3v) is 3.34. The van der Waals surface area contributed by atoms with Crippen LogP contribution < -0.4 is 5.73 Å². The molecule has 2 rings (SSSR count). The first-order chi connectivity index (χ1) is 7.83. The average Bonchev–Trinajstić information content (AvgIpc) is 2.69. The molecule has 0 bridgehead atoms. The number of anilines is 1. The Morgan fingerprint density at radius 2 is 2.31 bits per heavy atom. The summed E-state index contributed by atoms with van der Waals surface area (Å²) in [6, 6.07) is 5.68. The standard InChI is InChI=1S/C11H14N4S/c1-2-7-16-9-8-14-15(11(9)12)10-5-3-4-6-13-10/h3-6,8H,2,7,12H2,1H3. The van der Waals surface area contributed by atoms with Gasteiger partial charge in [0, 0.05) is 6.20 Å². The Kier molecular flexibility index (Phi) is 3.46. The van der Waals surface area contributed by atoms with Crippen LogP contribution in [0.4, 0.5) is 5.82 Å². The largest absolute Gasteiger partial charge is 0.383 e. The van der Waals surface area contributed by atoms with Crippen molar-refractivity contribution in [1.29, 1.82) is 0 Å². The van der Waals surface area contributed by atoms with Crippen LogP contribution in [0, 0.1) is 0 Å². The lowest BCUT2D eigenvalue weighted by Gasteiger charge is -2.03. The summed E-state index contributed by atoms with van der Waals surface area (Å²) >= 11 is 1.73. The van der Waals surface area contributed by atoms with Crippen LogP contribution in [0.25, 0.3) is 5.82 Å². The number of rotatable bonds is 4. The molecule has 0 aliphatic rings. The van der Waals surface area contributed by atoms with Crippen molar-refractivity contribution in [1.82, 2.24) is 14.8 Å². The van der Waals surface area contributed by atoms with E-state index in [1.54, 1.807) is 28.8 Å². The number of nitrogens with zero attached hydrogens (tertiary/aromatic N) is 3. The topological polar surface area (TPSA) is 56.7 Å². The molecule has 84 valence electrons. The second kappa shape index (κ2) is 5.03. The van der Waals surface area contributed by atoms with Crippen LogP contribution in [0.2, 0.25) is 0 Å². The van der Waals surface area contributed by atoms with Crippen molar-refractivity contribution in [2.75, 3.05) is 11.5 Å². The fourth-order valence-corrected chi connectivity index (χ4v) is 2.11. The molecule has 0 amide bonds. The van der Waals surface area contributed by atoms with Gasteiger partial charge in [-0.05, 0) is 24.3 Å². The maximum absolute atomic E-state index is 6.02. The number of thioether (sulfide) groups is 1. The molecule has 0 saturated carbocycles. The van der Waals surface area contributed by atoms with Crippen molar-refractivity contribution in [2.24, 2.45) is 0 Å². The molecule has 2 heterocycles. The minimum atomic E-state index is 0.664. The van der Waals surface area contributed by atoms with Gasteiger partial charge in [-0.2, -0.15) is 9.78 Å². The molecule has 2 N–H and O–H groups in total. The van der Waals surface area contributed by atoms with Crippen LogP contribution in [-0.2, 0) is 0 Å². The summed E-state index contributed by atoms with van der Waals surface area (Å²) < 4.78 is 1.66. The lowest BCUT2D eigenvalue weighted by atomic mass is 10.5. The molecular formula is C11H14N4S. The monoisotopic (exact) mass is 234 g/mol. The first kappa shape index (κ1) is 11.0. The molecule has 0 unspecified atom stereocenters. The van der Waals surface area contributed by atoms with Gasteiger partial charge in [0.1, 0.15) is 5.82 Å². The summed E-state index contributed by atoms with van der Waals surface area (Å²) in [7, 11) is 0. The van der Waals surface area contributed by atoms with Gasteiger partial charge in [0.25, 0.3) is 0 Å². The highest BCUT2D eigenvalue weighted by Crippen LogP contribution is 2.26. The molecule has 0 aromatic carbocycles. The zero-order valence-corrected chi connectivity index (χ0v) is 9.94. The van der Waals surface area contributed by atoms with Gasteiger partial charge in [-0.3, -0.25) is 0 Å². The van der Waals surface area contributed by atoms with Crippen molar-refractivity contribution < 1.29 is 0 Å². The van der Waals surface area contributed by atoms with Crippen LogP contribution in [0.5, 0.6) is 0 Å². The fourth-order valence-electron chi connectivity index (χ4n) is 1.33. The van der Waals surface area contributed by atoms with Crippen molar-refractivity contribution in [3.63, 3.8) is 0 Å². The molecular weight excluding hydrogens is 220 g/mol. The van der Waals surface area contributed by atoms with Crippen LogP contribution >= 0.6 is 11.8 Å². The van der Waals surface area contributed by atoms with Gasteiger partial charge >= 0.3 is 0 Å². The lowest BCUT2D eigenvalue weighted by Crippen LogP contribution is -2.03. The number of aromatic nitrogens is 3. The van der Waals surface area contributed by atoms with E-state index < -0.39 is 0 Å². The van der Waals surface area contributed by atoms with Crippen LogP contribution in [-0.4, -0.2) is 20.5 Å². The van der Waals surface area contributed by atoms with E-state index in [0.29, 0.717) is 5.82 Å². The second-order valence-corrected chi connectivity index (χ2v) is 4.48. The van der Waals surface area contributed by atoms with Gasteiger partial charge in [0.05, 0.1) is 11.1 Å². The first-order valence-corrected chi connectivity index (χ1v) is 6.19. The molecule has 5 heteroatoms. The minimum Gasteiger partial charge on any atom is -0.383 e. The average molecular weight is 234 g/mol. The first-order valence-electron chi connectivity index (χ1n) is 5.20. The van der Waals surface area contributed by atoms with Crippen LogP contribution in [0.15, 0.2) is 35.5 Å². The van der Waals surface area contributed by atoms with Gasteiger partial charge in [-0.15, -0.1) is 11.8 Å². The summed E-state index contributed by atoms with van der Waals surface area (Å²) in [5, 5.41) is 4.25. The molecule has 0 radical (unpaired) electrons. The number of hydrogen-bond donors (Lipinski definition) is 1. The van der Waals surface area contributed by atoms with E-state index in [1.165, 1.54) is 0 Å². The van der Waals surface area contributed by atoms with Gasteiger partial charge in [-0.1, -0.05) is 13.0 Å². The predicted octanol–water partition coefficient (Wildman–Crippen LogP) is 2.35. The predicted molar refractivity (Wildman–Crippen MR) is 66.8 cm³/mol. The van der Waals surface area contributed by atoms with Gasteiger partial charge < -0.3 is 5.73 Å². The van der Waals surface area contributed by atoms with Crippen LogP contribution in [0.3, 0.4) is 0 Å². The number of hydrogen-bond acceptors (Lipinski definition) is 4. The van der Waals surface area contributed by atoms with Crippen molar-refractivity contribution in [3.05, 3.63) is 30.6 Å². The highest BCUT2D eigenvalue weighted by molar-refractivity contribution is 7.99. The van der Waals surface area contributed by atoms with Gasteiger partial charge in [0.2, 0.25) is 0 Å². The molecule has 0 spiro atoms. The molecule has 0 aliphatic carbocycles. The normalized spacial score (nSPS) is 10.6. The lowest BCUT2D eigenvalue weighted by molar-refractivity contribution is 0.857. The molecule has 0 atom stereocenters. The Bertz CT molecular complexity index is 452. The number of pyridine rings is 1. The summed E-state index contributed by atoms with van der Waals surface area (Å²) in [5.74, 6) is 2.47. The molecule has 2 aromatic rings. The van der Waals surface area contributed by atoms with E-state index in [9.17, 15) is 0 Å². The van der Waals surface area contributed by atoms with Crippen molar-refractivity contribution in [3.8, 4) is 5.82 Å². The van der Waals surface area contributed by atoms with Crippen LogP contribution in [0.1, 0.15) is 13.3 Å². The summed E-state index contributed by atoms with van der Waals surface area (Å²) in [6.07, 6.45) is 4.65. The van der Waals surface area contributed by atoms with Gasteiger partial charge in [-0.25, -0.2) is 4.98 Å². The second-order valence-electron chi connectivity index (χ2n) is 3.34. The molecule has 16 heavy (non-hydrogen) atoms. The Hall–Kier alpha value is -1.49. The summed E-state index contributed by atoms with van der Waals surface area (Å²) in [5.41, 5.74) is 6.02. The SMILES string of the molecule is CCCSc1cnn(-c2ccccn2)c1N. The van der Waals surface area contributed by atoms with Gasteiger partial charge in [0.15, 0.2) is 5.82 Å².